The molecular weight excluding hydrogens is 293 g/mol. The molecule has 9 heteroatoms. The first kappa shape index (κ1) is 13.7. The van der Waals surface area contributed by atoms with E-state index in [2.05, 4.69) is 15.6 Å². The quantitative estimate of drug-likeness (QED) is 0.691. The highest BCUT2D eigenvalue weighted by molar-refractivity contribution is 6.39. The molecule has 100 valence electrons. The molecule has 1 aromatic heterocycles. The molecule has 1 N–H and O–H groups in total. The van der Waals surface area contributed by atoms with Crippen LogP contribution in [0.3, 0.4) is 0 Å². The molecule has 0 fully saturated rings. The van der Waals surface area contributed by atoms with Crippen LogP contribution in [0.5, 0.6) is 0 Å². The van der Waals surface area contributed by atoms with Crippen LogP contribution in [-0.2, 0) is 6.54 Å². The van der Waals surface area contributed by atoms with Crippen molar-refractivity contribution in [3.05, 3.63) is 44.2 Å². The van der Waals surface area contributed by atoms with Crippen molar-refractivity contribution in [1.29, 1.82) is 0 Å². The van der Waals surface area contributed by atoms with Crippen molar-refractivity contribution >= 4 is 28.9 Å². The van der Waals surface area contributed by atoms with Gasteiger partial charge < -0.3 is 5.32 Å². The molecule has 0 atom stereocenters. The Balaban J connectivity index is 2.53. The zero-order chi connectivity index (χ0) is 14.0. The zero-order valence-electron chi connectivity index (χ0n) is 9.80. The summed E-state index contributed by atoms with van der Waals surface area (Å²) >= 11 is 12.0. The molecule has 0 radical (unpaired) electrons. The van der Waals surface area contributed by atoms with Crippen LogP contribution >= 0.6 is 23.2 Å². The lowest BCUT2D eigenvalue weighted by Crippen LogP contribution is -2.05. The van der Waals surface area contributed by atoms with Crippen LogP contribution in [0.2, 0.25) is 10.0 Å². The fourth-order valence-electron chi connectivity index (χ4n) is 1.55. The van der Waals surface area contributed by atoms with Crippen molar-refractivity contribution in [2.45, 2.75) is 6.54 Å². The number of benzene rings is 1. The third kappa shape index (κ3) is 2.67. The van der Waals surface area contributed by atoms with Gasteiger partial charge in [0.15, 0.2) is 0 Å². The van der Waals surface area contributed by atoms with Crippen molar-refractivity contribution in [2.75, 3.05) is 7.05 Å². The van der Waals surface area contributed by atoms with Gasteiger partial charge in [-0.05, 0) is 13.1 Å². The minimum atomic E-state index is -0.576. The van der Waals surface area contributed by atoms with Crippen LogP contribution in [0.25, 0.3) is 5.69 Å². The van der Waals surface area contributed by atoms with Gasteiger partial charge in [0.25, 0.3) is 5.69 Å². The minimum Gasteiger partial charge on any atom is -0.314 e. The van der Waals surface area contributed by atoms with E-state index in [1.807, 2.05) is 0 Å². The van der Waals surface area contributed by atoms with Crippen LogP contribution in [0.1, 0.15) is 5.69 Å². The summed E-state index contributed by atoms with van der Waals surface area (Å²) in [7, 11) is 1.77. The Kier molecular flexibility index (Phi) is 3.98. The molecule has 1 aromatic carbocycles. The fraction of sp³-hybridized carbons (Fsp3) is 0.200. The molecule has 19 heavy (non-hydrogen) atoms. The van der Waals surface area contributed by atoms with E-state index >= 15 is 0 Å². The molecule has 7 nitrogen and oxygen atoms in total. The number of halogens is 2. The first-order valence-corrected chi connectivity index (χ1v) is 5.98. The van der Waals surface area contributed by atoms with Crippen molar-refractivity contribution in [1.82, 2.24) is 20.3 Å². The normalized spacial score (nSPS) is 10.7. The molecule has 0 bridgehead atoms. The highest BCUT2D eigenvalue weighted by atomic mass is 35.5. The second-order valence-corrected chi connectivity index (χ2v) is 4.46. The first-order valence-electron chi connectivity index (χ1n) is 5.23. The molecule has 2 rings (SSSR count). The van der Waals surface area contributed by atoms with E-state index in [9.17, 15) is 10.1 Å². The van der Waals surface area contributed by atoms with Gasteiger partial charge in [0, 0.05) is 12.6 Å². The lowest BCUT2D eigenvalue weighted by molar-refractivity contribution is -0.384. The Morgan fingerprint density at radius 3 is 2.84 bits per heavy atom. The van der Waals surface area contributed by atoms with E-state index in [0.717, 1.165) is 0 Å². The number of nitrogens with zero attached hydrogens (tertiary/aromatic N) is 4. The summed E-state index contributed by atoms with van der Waals surface area (Å²) < 4.78 is 1.32. The van der Waals surface area contributed by atoms with E-state index in [1.54, 1.807) is 13.2 Å². The molecule has 1 heterocycles. The van der Waals surface area contributed by atoms with Crippen molar-refractivity contribution < 1.29 is 4.92 Å². The van der Waals surface area contributed by atoms with E-state index in [-0.39, 0.29) is 21.4 Å². The third-order valence-corrected chi connectivity index (χ3v) is 3.05. The Morgan fingerprint density at radius 2 is 2.21 bits per heavy atom. The summed E-state index contributed by atoms with van der Waals surface area (Å²) in [6, 6.07) is 2.65. The average Bonchev–Trinajstić information content (AvgIpc) is 2.77. The predicted molar refractivity (Wildman–Crippen MR) is 70.8 cm³/mol. The SMILES string of the molecule is CNCc1cn(-c2c(Cl)ccc([N+](=O)[O-])c2Cl)nn1. The van der Waals surface area contributed by atoms with Gasteiger partial charge in [-0.3, -0.25) is 10.1 Å². The average molecular weight is 302 g/mol. The molecule has 0 aliphatic carbocycles. The second-order valence-electron chi connectivity index (χ2n) is 3.67. The van der Waals surface area contributed by atoms with Crippen LogP contribution in [0.15, 0.2) is 18.3 Å². The summed E-state index contributed by atoms with van der Waals surface area (Å²) in [5, 5.41) is 21.7. The summed E-state index contributed by atoms with van der Waals surface area (Å²) in [6.45, 7) is 0.518. The maximum atomic E-state index is 10.8. The van der Waals surface area contributed by atoms with Gasteiger partial charge in [-0.2, -0.15) is 0 Å². The number of aromatic nitrogens is 3. The number of hydrogen-bond donors (Lipinski definition) is 1. The Labute approximate surface area is 118 Å². The molecule has 0 saturated heterocycles. The topological polar surface area (TPSA) is 85.9 Å². The van der Waals surface area contributed by atoms with Crippen LogP contribution < -0.4 is 5.32 Å². The van der Waals surface area contributed by atoms with E-state index in [4.69, 9.17) is 23.2 Å². The molecular formula is C10H9Cl2N5O2. The van der Waals surface area contributed by atoms with Gasteiger partial charge in [0.1, 0.15) is 10.7 Å². The summed E-state index contributed by atoms with van der Waals surface area (Å²) in [4.78, 5) is 10.3. The standard InChI is InChI=1S/C10H9Cl2N5O2/c1-13-4-6-5-16(15-14-6)10-7(11)2-3-8(9(10)12)17(18)19/h2-3,5,13H,4H2,1H3. The molecule has 0 aliphatic heterocycles. The zero-order valence-corrected chi connectivity index (χ0v) is 11.3. The lowest BCUT2D eigenvalue weighted by atomic mass is 10.2. The molecule has 0 amide bonds. The first-order chi connectivity index (χ1) is 9.04. The third-order valence-electron chi connectivity index (χ3n) is 2.37. The summed E-state index contributed by atoms with van der Waals surface area (Å²) in [5.41, 5.74) is 0.681. The lowest BCUT2D eigenvalue weighted by Gasteiger charge is -2.06. The number of rotatable bonds is 4. The van der Waals surface area contributed by atoms with Gasteiger partial charge in [0.2, 0.25) is 0 Å². The van der Waals surface area contributed by atoms with Crippen LogP contribution in [-0.4, -0.2) is 27.0 Å². The van der Waals surface area contributed by atoms with Gasteiger partial charge in [-0.15, -0.1) is 5.10 Å². The Bertz CT molecular complexity index is 628. The van der Waals surface area contributed by atoms with Crippen molar-refractivity contribution in [3.63, 3.8) is 0 Å². The minimum absolute atomic E-state index is 0.0709. The van der Waals surface area contributed by atoms with Gasteiger partial charge in [-0.1, -0.05) is 28.4 Å². The molecule has 0 aliphatic rings. The highest BCUT2D eigenvalue weighted by Gasteiger charge is 2.20. The number of nitro groups is 1. The molecule has 0 unspecified atom stereocenters. The van der Waals surface area contributed by atoms with Gasteiger partial charge in [0.05, 0.1) is 21.8 Å². The molecule has 0 spiro atoms. The largest absolute Gasteiger partial charge is 0.314 e. The van der Waals surface area contributed by atoms with E-state index in [1.165, 1.54) is 16.8 Å². The van der Waals surface area contributed by atoms with E-state index in [0.29, 0.717) is 12.2 Å². The second kappa shape index (κ2) is 5.52. The van der Waals surface area contributed by atoms with Crippen LogP contribution in [0, 0.1) is 10.1 Å². The smallest absolute Gasteiger partial charge is 0.290 e. The number of nitrogens with one attached hydrogen (secondary N) is 1. The van der Waals surface area contributed by atoms with Crippen molar-refractivity contribution in [3.8, 4) is 5.69 Å². The van der Waals surface area contributed by atoms with Crippen molar-refractivity contribution in [2.24, 2.45) is 0 Å². The molecule has 2 aromatic rings. The maximum Gasteiger partial charge on any atom is 0.290 e. The molecule has 0 saturated carbocycles. The van der Waals surface area contributed by atoms with E-state index < -0.39 is 4.92 Å². The maximum absolute atomic E-state index is 10.8. The Morgan fingerprint density at radius 1 is 1.47 bits per heavy atom. The van der Waals surface area contributed by atoms with Gasteiger partial charge >= 0.3 is 0 Å². The summed E-state index contributed by atoms with van der Waals surface area (Å²) in [6.07, 6.45) is 1.60. The monoisotopic (exact) mass is 301 g/mol. The fourth-order valence-corrected chi connectivity index (χ4v) is 2.16. The Hall–Kier alpha value is -1.70. The number of nitro benzene ring substituents is 1. The van der Waals surface area contributed by atoms with Crippen LogP contribution in [0.4, 0.5) is 5.69 Å². The predicted octanol–water partition coefficient (Wildman–Crippen LogP) is 2.20. The van der Waals surface area contributed by atoms with Gasteiger partial charge in [-0.25, -0.2) is 4.68 Å². The summed E-state index contributed by atoms with van der Waals surface area (Å²) in [5.74, 6) is 0. The highest BCUT2D eigenvalue weighted by Crippen LogP contribution is 2.35. The number of hydrogen-bond acceptors (Lipinski definition) is 5.